The average Bonchev–Trinajstić information content (AvgIpc) is 3.39. The first kappa shape index (κ1) is 20.1. The molecule has 0 radical (unpaired) electrons. The fourth-order valence-electron chi connectivity index (χ4n) is 5.69. The number of aryl methyl sites for hydroxylation is 1. The minimum absolute atomic E-state index is 0.211. The van der Waals surface area contributed by atoms with Gasteiger partial charge in [0.15, 0.2) is 16.6 Å². The van der Waals surface area contributed by atoms with Crippen molar-refractivity contribution >= 4 is 32.5 Å². The number of imidazole rings is 1. The second kappa shape index (κ2) is 6.71. The van der Waals surface area contributed by atoms with Gasteiger partial charge < -0.3 is 14.6 Å². The molecule has 2 fully saturated rings. The van der Waals surface area contributed by atoms with Crippen molar-refractivity contribution in [1.29, 1.82) is 0 Å². The van der Waals surface area contributed by atoms with Crippen molar-refractivity contribution in [3.05, 3.63) is 42.1 Å². The summed E-state index contributed by atoms with van der Waals surface area (Å²) in [6, 6.07) is 5.87. The number of anilines is 1. The van der Waals surface area contributed by atoms with Crippen molar-refractivity contribution in [2.75, 3.05) is 11.9 Å². The van der Waals surface area contributed by atoms with Crippen LogP contribution in [0.15, 0.2) is 30.6 Å². The quantitative estimate of drug-likeness (QED) is 0.478. The van der Waals surface area contributed by atoms with Crippen molar-refractivity contribution in [3.63, 3.8) is 0 Å². The molecule has 0 aliphatic carbocycles. The first-order chi connectivity index (χ1) is 15.2. The second-order valence-corrected chi connectivity index (χ2v) is 11.1. The lowest BCUT2D eigenvalue weighted by molar-refractivity contribution is 0.208. The van der Waals surface area contributed by atoms with Crippen molar-refractivity contribution in [2.45, 2.75) is 63.6 Å². The minimum atomic E-state index is -0.343. The summed E-state index contributed by atoms with van der Waals surface area (Å²) in [7, 11) is 2.16. The molecular weight excluding hydrogens is 423 g/mol. The van der Waals surface area contributed by atoms with E-state index in [0.29, 0.717) is 11.7 Å². The molecule has 1 N–H and O–H groups in total. The number of halogens is 1. The van der Waals surface area contributed by atoms with Gasteiger partial charge in [-0.3, -0.25) is 0 Å². The summed E-state index contributed by atoms with van der Waals surface area (Å²) in [6.45, 7) is 6.56. The van der Waals surface area contributed by atoms with Gasteiger partial charge in [-0.1, -0.05) is 11.3 Å². The number of piperidine rings is 1. The largest absolute Gasteiger partial charge is 0.348 e. The third-order valence-electron chi connectivity index (χ3n) is 7.22. The van der Waals surface area contributed by atoms with Gasteiger partial charge >= 0.3 is 0 Å². The molecule has 2 saturated heterocycles. The molecule has 6 nitrogen and oxygen atoms in total. The highest BCUT2D eigenvalue weighted by Gasteiger charge is 2.49. The molecule has 6 heterocycles. The molecule has 0 saturated carbocycles. The van der Waals surface area contributed by atoms with Crippen LogP contribution < -0.4 is 10.2 Å². The van der Waals surface area contributed by atoms with Gasteiger partial charge in [0.2, 0.25) is 0 Å². The zero-order chi connectivity index (χ0) is 22.3. The van der Waals surface area contributed by atoms with E-state index >= 15 is 0 Å². The molecule has 0 unspecified atom stereocenters. The lowest BCUT2D eigenvalue weighted by atomic mass is 9.84. The Balaban J connectivity index is 1.33. The highest BCUT2D eigenvalue weighted by atomic mass is 32.1. The molecule has 4 aromatic rings. The van der Waals surface area contributed by atoms with E-state index in [1.807, 2.05) is 31.5 Å². The summed E-state index contributed by atoms with van der Waals surface area (Å²) in [5.41, 5.74) is 3.90. The van der Waals surface area contributed by atoms with Gasteiger partial charge in [0, 0.05) is 42.1 Å². The molecule has 4 aromatic heterocycles. The maximum atomic E-state index is 14.6. The van der Waals surface area contributed by atoms with E-state index in [0.717, 1.165) is 45.3 Å². The number of rotatable bonds is 3. The molecule has 8 heteroatoms. The fraction of sp³-hybridized carbons (Fsp3) is 0.458. The number of nitrogens with one attached hydrogen (secondary N) is 1. The SMILES string of the molecule is Cc1cn2cc(-c3ccc4nc(N(C)[C@@H]5C[C@]6(C)CC[C@](C)(C5)N6)sc4n3)cc(F)c2n1. The molecule has 0 spiro atoms. The Morgan fingerprint density at radius 2 is 1.88 bits per heavy atom. The smallest absolute Gasteiger partial charge is 0.187 e. The number of nitrogens with zero attached hydrogens (tertiary/aromatic N) is 5. The standard InChI is InChI=1S/C24H27FN6S/c1-14-12-31-13-15(9-17(25)20(31)26-14)18-5-6-19-21(27-18)32-22(28-19)30(4)16-10-23(2)7-8-24(3,11-16)29-23/h5-6,9,12-13,16,29H,7-8,10-11H2,1-4H3/t16-,23+,24-. The van der Waals surface area contributed by atoms with Crippen LogP contribution in [0.1, 0.15) is 45.2 Å². The van der Waals surface area contributed by atoms with Crippen LogP contribution in [0.2, 0.25) is 0 Å². The molecule has 166 valence electrons. The van der Waals surface area contributed by atoms with Crippen LogP contribution >= 0.6 is 11.3 Å². The van der Waals surface area contributed by atoms with Crippen molar-refractivity contribution in [3.8, 4) is 11.3 Å². The molecular formula is C24H27FN6S. The molecule has 6 rings (SSSR count). The van der Waals surface area contributed by atoms with Crippen LogP contribution in [0.25, 0.3) is 27.3 Å². The lowest BCUT2D eigenvalue weighted by Crippen LogP contribution is -2.58. The van der Waals surface area contributed by atoms with E-state index < -0.39 is 0 Å². The summed E-state index contributed by atoms with van der Waals surface area (Å²) < 4.78 is 16.3. The number of thiazole rings is 1. The Kier molecular flexibility index (Phi) is 4.21. The monoisotopic (exact) mass is 450 g/mol. The summed E-state index contributed by atoms with van der Waals surface area (Å²) in [6.07, 6.45) is 8.42. The highest BCUT2D eigenvalue weighted by Crippen LogP contribution is 2.44. The van der Waals surface area contributed by atoms with Crippen molar-refractivity contribution in [2.24, 2.45) is 0 Å². The zero-order valence-electron chi connectivity index (χ0n) is 18.8. The van der Waals surface area contributed by atoms with Gasteiger partial charge in [0.25, 0.3) is 0 Å². The van der Waals surface area contributed by atoms with Crippen LogP contribution in [-0.4, -0.2) is 43.5 Å². The first-order valence-corrected chi connectivity index (χ1v) is 12.0. The van der Waals surface area contributed by atoms with Crippen LogP contribution in [0.3, 0.4) is 0 Å². The number of fused-ring (bicyclic) bond motifs is 4. The van der Waals surface area contributed by atoms with Crippen LogP contribution in [-0.2, 0) is 0 Å². The number of aromatic nitrogens is 4. The summed E-state index contributed by atoms with van der Waals surface area (Å²) in [4.78, 5) is 17.2. The maximum absolute atomic E-state index is 14.6. The van der Waals surface area contributed by atoms with E-state index in [9.17, 15) is 4.39 Å². The van der Waals surface area contributed by atoms with Gasteiger partial charge in [-0.15, -0.1) is 0 Å². The van der Waals surface area contributed by atoms with Crippen LogP contribution in [0, 0.1) is 12.7 Å². The molecule has 32 heavy (non-hydrogen) atoms. The summed E-state index contributed by atoms with van der Waals surface area (Å²) >= 11 is 1.61. The van der Waals surface area contributed by atoms with E-state index in [1.54, 1.807) is 15.7 Å². The third kappa shape index (κ3) is 3.19. The van der Waals surface area contributed by atoms with Gasteiger partial charge in [-0.2, -0.15) is 0 Å². The fourth-order valence-corrected chi connectivity index (χ4v) is 6.66. The number of pyridine rings is 2. The summed E-state index contributed by atoms with van der Waals surface area (Å²) in [5.74, 6) is -0.343. The average molecular weight is 451 g/mol. The van der Waals surface area contributed by atoms with Crippen LogP contribution in [0.4, 0.5) is 9.52 Å². The van der Waals surface area contributed by atoms with E-state index in [2.05, 4.69) is 36.1 Å². The molecule has 0 amide bonds. The van der Waals surface area contributed by atoms with Crippen molar-refractivity contribution in [1.82, 2.24) is 24.7 Å². The van der Waals surface area contributed by atoms with Gasteiger partial charge in [0.1, 0.15) is 10.3 Å². The zero-order valence-corrected chi connectivity index (χ0v) is 19.6. The van der Waals surface area contributed by atoms with E-state index in [-0.39, 0.29) is 16.9 Å². The molecule has 2 aliphatic heterocycles. The van der Waals surface area contributed by atoms with Crippen LogP contribution in [0.5, 0.6) is 0 Å². The van der Waals surface area contributed by atoms with E-state index in [1.165, 1.54) is 18.9 Å². The predicted octanol–water partition coefficient (Wildman–Crippen LogP) is 4.95. The van der Waals surface area contributed by atoms with E-state index in [4.69, 9.17) is 9.97 Å². The predicted molar refractivity (Wildman–Crippen MR) is 127 cm³/mol. The molecule has 3 atom stereocenters. The molecule has 2 bridgehead atoms. The lowest BCUT2D eigenvalue weighted by Gasteiger charge is -2.45. The Hall–Kier alpha value is -2.58. The Labute approximate surface area is 190 Å². The normalized spacial score (nSPS) is 27.5. The number of hydrogen-bond acceptors (Lipinski definition) is 6. The first-order valence-electron chi connectivity index (χ1n) is 11.2. The topological polar surface area (TPSA) is 58.4 Å². The molecule has 2 aliphatic rings. The summed E-state index contributed by atoms with van der Waals surface area (Å²) in [5, 5.41) is 4.85. The molecule has 0 aromatic carbocycles. The van der Waals surface area contributed by atoms with Gasteiger partial charge in [-0.25, -0.2) is 19.3 Å². The highest BCUT2D eigenvalue weighted by molar-refractivity contribution is 7.21. The van der Waals surface area contributed by atoms with Gasteiger partial charge in [0.05, 0.1) is 11.4 Å². The number of hydrogen-bond donors (Lipinski definition) is 1. The van der Waals surface area contributed by atoms with Crippen molar-refractivity contribution < 1.29 is 4.39 Å². The van der Waals surface area contributed by atoms with Gasteiger partial charge in [-0.05, 0) is 64.7 Å². The maximum Gasteiger partial charge on any atom is 0.187 e. The second-order valence-electron chi connectivity index (χ2n) is 10.1. The minimum Gasteiger partial charge on any atom is -0.348 e. The Morgan fingerprint density at radius 1 is 1.12 bits per heavy atom. The Morgan fingerprint density at radius 3 is 2.62 bits per heavy atom. The third-order valence-corrected chi connectivity index (χ3v) is 8.28. The Bertz CT molecular complexity index is 1340.